The maximum atomic E-state index is 11.3. The molecule has 0 unspecified atom stereocenters. The molecule has 0 aliphatic carbocycles. The molecule has 2 N–H and O–H groups in total. The van der Waals surface area contributed by atoms with Crippen LogP contribution >= 0.6 is 0 Å². The van der Waals surface area contributed by atoms with Gasteiger partial charge in [-0.1, -0.05) is 54.1 Å². The number of rotatable bonds is 13. The SMILES string of the molecule is CCC=O.CCCCCC(=O)NCCCNC(C)C.[CH2-]COCCC.[K+]. The van der Waals surface area contributed by atoms with Gasteiger partial charge in [0, 0.05) is 32.0 Å². The van der Waals surface area contributed by atoms with Gasteiger partial charge in [0.1, 0.15) is 6.29 Å². The van der Waals surface area contributed by atoms with E-state index in [-0.39, 0.29) is 57.3 Å². The van der Waals surface area contributed by atoms with Gasteiger partial charge in [-0.3, -0.25) is 4.79 Å². The summed E-state index contributed by atoms with van der Waals surface area (Å²) >= 11 is 0. The summed E-state index contributed by atoms with van der Waals surface area (Å²) < 4.78 is 4.87. The Balaban J connectivity index is -0.000000182. The fourth-order valence-corrected chi connectivity index (χ4v) is 1.58. The first-order valence-corrected chi connectivity index (χ1v) is 9.80. The van der Waals surface area contributed by atoms with Crippen LogP contribution in [0.5, 0.6) is 0 Å². The van der Waals surface area contributed by atoms with E-state index in [1.807, 2.05) is 6.92 Å². The molecule has 0 radical (unpaired) electrons. The van der Waals surface area contributed by atoms with Crippen LogP contribution in [-0.2, 0) is 14.3 Å². The van der Waals surface area contributed by atoms with Crippen molar-refractivity contribution in [2.75, 3.05) is 26.3 Å². The molecule has 0 atom stereocenters. The molecule has 0 aliphatic rings. The Kier molecular flexibility index (Phi) is 43.8. The van der Waals surface area contributed by atoms with Crippen LogP contribution in [0.3, 0.4) is 0 Å². The Morgan fingerprint density at radius 3 is 2.08 bits per heavy atom. The molecule has 152 valence electrons. The van der Waals surface area contributed by atoms with E-state index >= 15 is 0 Å². The van der Waals surface area contributed by atoms with Crippen LogP contribution in [0.25, 0.3) is 0 Å². The third kappa shape index (κ3) is 44.3. The maximum absolute atomic E-state index is 11.3. The van der Waals surface area contributed by atoms with Gasteiger partial charge in [-0.2, -0.15) is 0 Å². The molecular weight excluding hydrogens is 355 g/mol. The van der Waals surface area contributed by atoms with E-state index in [9.17, 15) is 9.59 Å². The normalized spacial score (nSPS) is 9.19. The van der Waals surface area contributed by atoms with E-state index in [1.54, 1.807) is 0 Å². The van der Waals surface area contributed by atoms with Crippen molar-refractivity contribution in [2.24, 2.45) is 0 Å². The number of unbranched alkanes of at least 4 members (excludes halogenated alkanes) is 2. The Bertz CT molecular complexity index is 261. The van der Waals surface area contributed by atoms with Crippen LogP contribution in [-0.4, -0.2) is 44.5 Å². The monoisotopic (exact) mass is 398 g/mol. The summed E-state index contributed by atoms with van der Waals surface area (Å²) in [6, 6.07) is 0.533. The summed E-state index contributed by atoms with van der Waals surface area (Å²) in [5.74, 6) is 0.202. The number of hydrogen-bond donors (Lipinski definition) is 2. The van der Waals surface area contributed by atoms with E-state index in [4.69, 9.17) is 4.74 Å². The average Bonchev–Trinajstić information content (AvgIpc) is 2.60. The van der Waals surface area contributed by atoms with Gasteiger partial charge >= 0.3 is 51.4 Å². The molecule has 0 heterocycles. The first kappa shape index (κ1) is 34.2. The molecular formula is C20H43KN2O3. The van der Waals surface area contributed by atoms with Crippen molar-refractivity contribution < 1.29 is 65.7 Å². The quantitative estimate of drug-likeness (QED) is 0.209. The van der Waals surface area contributed by atoms with Crippen LogP contribution in [0.15, 0.2) is 0 Å². The second-order valence-electron chi connectivity index (χ2n) is 5.96. The summed E-state index contributed by atoms with van der Waals surface area (Å²) in [7, 11) is 0. The number of aldehydes is 1. The third-order valence-corrected chi connectivity index (χ3v) is 2.90. The topological polar surface area (TPSA) is 67.4 Å². The van der Waals surface area contributed by atoms with E-state index in [0.717, 1.165) is 51.7 Å². The summed E-state index contributed by atoms with van der Waals surface area (Å²) in [6.07, 6.45) is 7.65. The Morgan fingerprint density at radius 1 is 1.08 bits per heavy atom. The second kappa shape index (κ2) is 33.3. The molecule has 5 nitrogen and oxygen atoms in total. The van der Waals surface area contributed by atoms with Crippen molar-refractivity contribution in [1.82, 2.24) is 10.6 Å². The minimum atomic E-state index is 0. The number of carbonyl (C=O) groups is 2. The van der Waals surface area contributed by atoms with E-state index < -0.39 is 0 Å². The molecule has 0 aromatic carbocycles. The molecule has 0 aliphatic heterocycles. The minimum absolute atomic E-state index is 0. The van der Waals surface area contributed by atoms with Crippen molar-refractivity contribution >= 4 is 12.2 Å². The average molecular weight is 399 g/mol. The van der Waals surface area contributed by atoms with Crippen molar-refractivity contribution in [2.45, 2.75) is 85.6 Å². The number of carbonyl (C=O) groups excluding carboxylic acids is 2. The first-order chi connectivity index (χ1) is 12.0. The summed E-state index contributed by atoms with van der Waals surface area (Å²) in [4.78, 5) is 20.5. The molecule has 0 aromatic heterocycles. The van der Waals surface area contributed by atoms with Crippen molar-refractivity contribution in [3.05, 3.63) is 6.92 Å². The van der Waals surface area contributed by atoms with E-state index in [1.165, 1.54) is 6.42 Å². The van der Waals surface area contributed by atoms with E-state index in [0.29, 0.717) is 25.5 Å². The van der Waals surface area contributed by atoms with Crippen molar-refractivity contribution in [3.8, 4) is 0 Å². The fourth-order valence-electron chi connectivity index (χ4n) is 1.58. The van der Waals surface area contributed by atoms with Crippen molar-refractivity contribution in [1.29, 1.82) is 0 Å². The molecule has 0 rings (SSSR count). The Hall–Kier alpha value is 0.696. The van der Waals surface area contributed by atoms with Gasteiger partial charge in [-0.15, -0.1) is 0 Å². The third-order valence-electron chi connectivity index (χ3n) is 2.90. The molecule has 0 saturated heterocycles. The van der Waals surface area contributed by atoms with Crippen LogP contribution in [0.4, 0.5) is 0 Å². The molecule has 1 amide bonds. The maximum Gasteiger partial charge on any atom is 1.00 e. The minimum Gasteiger partial charge on any atom is -0.413 e. The van der Waals surface area contributed by atoms with Crippen molar-refractivity contribution in [3.63, 3.8) is 0 Å². The smallest absolute Gasteiger partial charge is 0.413 e. The molecule has 6 heteroatoms. The Labute approximate surface area is 205 Å². The van der Waals surface area contributed by atoms with Crippen LogP contribution < -0.4 is 62.0 Å². The zero-order valence-corrected chi connectivity index (χ0v) is 21.5. The van der Waals surface area contributed by atoms with Crippen LogP contribution in [0.2, 0.25) is 0 Å². The summed E-state index contributed by atoms with van der Waals surface area (Å²) in [6.45, 7) is 17.0. The molecule has 0 spiro atoms. The number of amides is 1. The molecule has 0 aromatic rings. The second-order valence-corrected chi connectivity index (χ2v) is 5.96. The first-order valence-electron chi connectivity index (χ1n) is 9.80. The molecule has 0 saturated carbocycles. The predicted molar refractivity (Wildman–Crippen MR) is 108 cm³/mol. The van der Waals surface area contributed by atoms with Gasteiger partial charge < -0.3 is 27.1 Å². The summed E-state index contributed by atoms with van der Waals surface area (Å²) in [5, 5.41) is 6.26. The molecule has 0 fully saturated rings. The summed E-state index contributed by atoms with van der Waals surface area (Å²) in [5.41, 5.74) is 0. The van der Waals surface area contributed by atoms with Crippen LogP contribution in [0.1, 0.15) is 79.6 Å². The van der Waals surface area contributed by atoms with Crippen LogP contribution in [0, 0.1) is 6.92 Å². The zero-order chi connectivity index (χ0) is 19.8. The predicted octanol–water partition coefficient (Wildman–Crippen LogP) is 0.917. The molecule has 0 bridgehead atoms. The van der Waals surface area contributed by atoms with Gasteiger partial charge in [-0.05, 0) is 25.8 Å². The van der Waals surface area contributed by atoms with Gasteiger partial charge in [0.25, 0.3) is 0 Å². The van der Waals surface area contributed by atoms with E-state index in [2.05, 4.69) is 45.3 Å². The van der Waals surface area contributed by atoms with Gasteiger partial charge in [0.05, 0.1) is 0 Å². The largest absolute Gasteiger partial charge is 1.00 e. The number of hydrogen-bond acceptors (Lipinski definition) is 4. The van der Waals surface area contributed by atoms with Gasteiger partial charge in [0.15, 0.2) is 0 Å². The number of nitrogens with one attached hydrogen (secondary N) is 2. The fraction of sp³-hybridized carbons (Fsp3) is 0.850. The van der Waals surface area contributed by atoms with Gasteiger partial charge in [0.2, 0.25) is 5.91 Å². The number of ether oxygens (including phenoxy) is 1. The Morgan fingerprint density at radius 2 is 1.69 bits per heavy atom. The zero-order valence-electron chi connectivity index (χ0n) is 18.4. The molecule has 26 heavy (non-hydrogen) atoms. The van der Waals surface area contributed by atoms with Gasteiger partial charge in [-0.25, -0.2) is 0 Å². The standard InChI is InChI=1S/C12H26N2O.C5H11O.C3H6O.K/c1-4-5-6-8-12(15)14-10-7-9-13-11(2)3;1-3-5-6-4-2;1-2-3-4;/h11,13H,4-10H2,1-3H3,(H,14,15);2-5H2,1H3;3H,2H2,1H3;/q;-1;;+1.